The molecule has 0 aliphatic carbocycles. The van der Waals surface area contributed by atoms with Crippen LogP contribution in [-0.4, -0.2) is 55.8 Å². The summed E-state index contributed by atoms with van der Waals surface area (Å²) in [6.45, 7) is 1.99. The van der Waals surface area contributed by atoms with Gasteiger partial charge in [0.2, 0.25) is 11.8 Å². The van der Waals surface area contributed by atoms with E-state index in [1.165, 1.54) is 4.90 Å². The fourth-order valence-electron chi connectivity index (χ4n) is 2.35. The molecule has 6 nitrogen and oxygen atoms in total. The average molecular weight is 403 g/mol. The van der Waals surface area contributed by atoms with E-state index < -0.39 is 15.9 Å². The van der Waals surface area contributed by atoms with Gasteiger partial charge in [-0.3, -0.25) is 9.59 Å². The molecule has 2 rings (SSSR count). The SMILES string of the molecule is CC(NC(=O)Cc1ccc(Br)cc1)C(=O)N1CCS(=O)(=O)CC1. The van der Waals surface area contributed by atoms with E-state index in [1.807, 2.05) is 24.3 Å². The molecule has 1 atom stereocenters. The summed E-state index contributed by atoms with van der Waals surface area (Å²) in [5.41, 5.74) is 0.856. The van der Waals surface area contributed by atoms with E-state index >= 15 is 0 Å². The number of nitrogens with zero attached hydrogens (tertiary/aromatic N) is 1. The summed E-state index contributed by atoms with van der Waals surface area (Å²) in [5.74, 6) is -0.516. The van der Waals surface area contributed by atoms with Gasteiger partial charge in [0.25, 0.3) is 0 Å². The highest BCUT2D eigenvalue weighted by molar-refractivity contribution is 9.10. The minimum absolute atomic E-state index is 0.0156. The molecule has 2 amide bonds. The molecular weight excluding hydrogens is 384 g/mol. The van der Waals surface area contributed by atoms with Gasteiger partial charge in [0, 0.05) is 17.6 Å². The van der Waals surface area contributed by atoms with Crippen LogP contribution in [0.3, 0.4) is 0 Å². The highest BCUT2D eigenvalue weighted by Crippen LogP contribution is 2.11. The standard InChI is InChI=1S/C15H19BrN2O4S/c1-11(15(20)18-6-8-23(21,22)9-7-18)17-14(19)10-12-2-4-13(16)5-3-12/h2-5,11H,6-10H2,1H3,(H,17,19). The van der Waals surface area contributed by atoms with Crippen molar-refractivity contribution in [2.75, 3.05) is 24.6 Å². The lowest BCUT2D eigenvalue weighted by Gasteiger charge is -2.29. The summed E-state index contributed by atoms with van der Waals surface area (Å²) in [6, 6.07) is 6.72. The van der Waals surface area contributed by atoms with Gasteiger partial charge in [-0.15, -0.1) is 0 Å². The van der Waals surface area contributed by atoms with Gasteiger partial charge in [0.15, 0.2) is 9.84 Å². The Hall–Kier alpha value is -1.41. The first-order valence-corrected chi connectivity index (χ1v) is 9.91. The fraction of sp³-hybridized carbons (Fsp3) is 0.467. The molecule has 1 aliphatic heterocycles. The molecule has 23 heavy (non-hydrogen) atoms. The number of benzene rings is 1. The number of nitrogens with one attached hydrogen (secondary N) is 1. The van der Waals surface area contributed by atoms with Gasteiger partial charge in [-0.1, -0.05) is 28.1 Å². The second-order valence-corrected chi connectivity index (χ2v) is 8.79. The van der Waals surface area contributed by atoms with Gasteiger partial charge in [-0.25, -0.2) is 8.42 Å². The Morgan fingerprint density at radius 1 is 1.22 bits per heavy atom. The van der Waals surface area contributed by atoms with Crippen molar-refractivity contribution in [3.05, 3.63) is 34.3 Å². The fourth-order valence-corrected chi connectivity index (χ4v) is 3.81. The Kier molecular flexibility index (Phi) is 5.80. The third-order valence-corrected chi connectivity index (χ3v) is 5.82. The Morgan fingerprint density at radius 3 is 2.35 bits per heavy atom. The molecule has 1 aromatic carbocycles. The van der Waals surface area contributed by atoms with Gasteiger partial charge in [0.05, 0.1) is 17.9 Å². The smallest absolute Gasteiger partial charge is 0.244 e. The molecule has 1 saturated heterocycles. The molecule has 0 aromatic heterocycles. The van der Waals surface area contributed by atoms with Crippen molar-refractivity contribution in [3.8, 4) is 0 Å². The van der Waals surface area contributed by atoms with E-state index in [1.54, 1.807) is 6.92 Å². The van der Waals surface area contributed by atoms with Crippen LogP contribution in [0.5, 0.6) is 0 Å². The number of carbonyl (C=O) groups excluding carboxylic acids is 2. The summed E-state index contributed by atoms with van der Waals surface area (Å²) in [7, 11) is -3.03. The van der Waals surface area contributed by atoms with Crippen molar-refractivity contribution < 1.29 is 18.0 Å². The van der Waals surface area contributed by atoms with Gasteiger partial charge in [0.1, 0.15) is 6.04 Å². The van der Waals surface area contributed by atoms with E-state index in [9.17, 15) is 18.0 Å². The number of rotatable bonds is 4. The topological polar surface area (TPSA) is 83.6 Å². The monoisotopic (exact) mass is 402 g/mol. The largest absolute Gasteiger partial charge is 0.344 e. The normalized spacial score (nSPS) is 18.3. The van der Waals surface area contributed by atoms with E-state index in [0.717, 1.165) is 10.0 Å². The van der Waals surface area contributed by atoms with Crippen LogP contribution in [0.2, 0.25) is 0 Å². The van der Waals surface area contributed by atoms with Crippen molar-refractivity contribution in [1.29, 1.82) is 0 Å². The predicted octanol–water partition coefficient (Wildman–Crippen LogP) is 0.753. The van der Waals surface area contributed by atoms with E-state index in [2.05, 4.69) is 21.2 Å². The first-order valence-electron chi connectivity index (χ1n) is 7.30. The molecule has 126 valence electrons. The number of sulfone groups is 1. The van der Waals surface area contributed by atoms with Crippen LogP contribution in [0.15, 0.2) is 28.7 Å². The summed E-state index contributed by atoms with van der Waals surface area (Å²) in [5, 5.41) is 2.67. The average Bonchev–Trinajstić information content (AvgIpc) is 2.49. The van der Waals surface area contributed by atoms with Crippen LogP contribution in [0, 0.1) is 0 Å². The number of hydrogen-bond donors (Lipinski definition) is 1. The zero-order valence-electron chi connectivity index (χ0n) is 12.8. The van der Waals surface area contributed by atoms with Crippen molar-refractivity contribution in [3.63, 3.8) is 0 Å². The van der Waals surface area contributed by atoms with Gasteiger partial charge in [-0.05, 0) is 24.6 Å². The quantitative estimate of drug-likeness (QED) is 0.805. The first-order chi connectivity index (χ1) is 10.8. The minimum atomic E-state index is -3.03. The summed E-state index contributed by atoms with van der Waals surface area (Å²) in [6.07, 6.45) is 0.194. The Labute approximate surface area is 144 Å². The molecule has 1 heterocycles. The minimum Gasteiger partial charge on any atom is -0.344 e. The molecule has 1 aromatic rings. The third kappa shape index (κ3) is 5.31. The van der Waals surface area contributed by atoms with Crippen molar-refractivity contribution in [2.24, 2.45) is 0 Å². The van der Waals surface area contributed by atoms with Crippen LogP contribution in [0.4, 0.5) is 0 Å². The Balaban J connectivity index is 1.85. The lowest BCUT2D eigenvalue weighted by Crippen LogP contribution is -2.51. The predicted molar refractivity (Wildman–Crippen MR) is 90.7 cm³/mol. The van der Waals surface area contributed by atoms with Crippen LogP contribution >= 0.6 is 15.9 Å². The van der Waals surface area contributed by atoms with Gasteiger partial charge < -0.3 is 10.2 Å². The zero-order valence-corrected chi connectivity index (χ0v) is 15.2. The summed E-state index contributed by atoms with van der Waals surface area (Å²) < 4.78 is 23.7. The maximum atomic E-state index is 12.3. The number of amides is 2. The van der Waals surface area contributed by atoms with Crippen LogP contribution in [-0.2, 0) is 25.8 Å². The summed E-state index contributed by atoms with van der Waals surface area (Å²) >= 11 is 3.33. The Morgan fingerprint density at radius 2 is 1.78 bits per heavy atom. The molecule has 1 unspecified atom stereocenters. The Bertz CT molecular complexity index is 674. The molecule has 0 bridgehead atoms. The van der Waals surface area contributed by atoms with Crippen molar-refractivity contribution in [2.45, 2.75) is 19.4 Å². The number of carbonyl (C=O) groups is 2. The van der Waals surface area contributed by atoms with E-state index in [0.29, 0.717) is 0 Å². The van der Waals surface area contributed by atoms with Crippen LogP contribution in [0.25, 0.3) is 0 Å². The molecule has 1 aliphatic rings. The molecule has 8 heteroatoms. The van der Waals surface area contributed by atoms with Gasteiger partial charge in [-0.2, -0.15) is 0 Å². The highest BCUT2D eigenvalue weighted by atomic mass is 79.9. The zero-order chi connectivity index (χ0) is 17.0. The second-order valence-electron chi connectivity index (χ2n) is 5.57. The van der Waals surface area contributed by atoms with Crippen molar-refractivity contribution in [1.82, 2.24) is 10.2 Å². The molecule has 1 N–H and O–H groups in total. The van der Waals surface area contributed by atoms with Gasteiger partial charge >= 0.3 is 0 Å². The summed E-state index contributed by atoms with van der Waals surface area (Å²) in [4.78, 5) is 25.8. The maximum absolute atomic E-state index is 12.3. The second kappa shape index (κ2) is 7.44. The molecule has 0 radical (unpaired) electrons. The first kappa shape index (κ1) is 17.9. The molecule has 0 saturated carbocycles. The number of hydrogen-bond acceptors (Lipinski definition) is 4. The third-order valence-electron chi connectivity index (χ3n) is 3.68. The molecule has 0 spiro atoms. The van der Waals surface area contributed by atoms with E-state index in [4.69, 9.17) is 0 Å². The maximum Gasteiger partial charge on any atom is 0.244 e. The van der Waals surface area contributed by atoms with E-state index in [-0.39, 0.29) is 42.8 Å². The van der Waals surface area contributed by atoms with Crippen LogP contribution < -0.4 is 5.32 Å². The van der Waals surface area contributed by atoms with Crippen LogP contribution in [0.1, 0.15) is 12.5 Å². The van der Waals surface area contributed by atoms with Crippen molar-refractivity contribution >= 4 is 37.6 Å². The molecule has 1 fully saturated rings. The number of halogens is 1. The molecular formula is C15H19BrN2O4S. The highest BCUT2D eigenvalue weighted by Gasteiger charge is 2.28. The lowest BCUT2D eigenvalue weighted by atomic mass is 10.1. The lowest BCUT2D eigenvalue weighted by molar-refractivity contribution is -0.135.